The number of hydrogen-bond acceptors (Lipinski definition) is 3. The number of carbonyl (C=O) groups excluding carboxylic acids is 1. The van der Waals surface area contributed by atoms with Gasteiger partial charge in [0.15, 0.2) is 0 Å². The molecule has 0 heterocycles. The molecule has 2 nitrogen and oxygen atoms in total. The molecule has 0 bridgehead atoms. The van der Waals surface area contributed by atoms with Gasteiger partial charge < -0.3 is 4.74 Å². The van der Waals surface area contributed by atoms with Crippen LogP contribution in [0.2, 0.25) is 0 Å². The monoisotopic (exact) mass is 384 g/mol. The number of esters is 1. The molecule has 0 unspecified atom stereocenters. The molecule has 154 valence electrons. The van der Waals surface area contributed by atoms with Crippen molar-refractivity contribution in [3.05, 3.63) is 12.2 Å². The molecule has 0 aliphatic carbocycles. The zero-order valence-electron chi connectivity index (χ0n) is 17.4. The lowest BCUT2D eigenvalue weighted by molar-refractivity contribution is -0.143. The van der Waals surface area contributed by atoms with E-state index in [-0.39, 0.29) is 5.97 Å². The molecular formula is C23H44O2S. The van der Waals surface area contributed by atoms with E-state index in [2.05, 4.69) is 31.7 Å². The summed E-state index contributed by atoms with van der Waals surface area (Å²) in [4.78, 5) is 11.3. The Balaban J connectivity index is 3.14. The van der Waals surface area contributed by atoms with Crippen LogP contribution in [0.4, 0.5) is 0 Å². The first-order valence-corrected chi connectivity index (χ1v) is 11.9. The van der Waals surface area contributed by atoms with Crippen molar-refractivity contribution in [2.24, 2.45) is 0 Å². The Labute approximate surface area is 169 Å². The number of carbonyl (C=O) groups is 1. The highest BCUT2D eigenvalue weighted by molar-refractivity contribution is 7.80. The Hall–Kier alpha value is -0.440. The summed E-state index contributed by atoms with van der Waals surface area (Å²) in [5.74, 6) is 0.539. The number of allylic oxidation sites excluding steroid dienone is 2. The second kappa shape index (κ2) is 22.6. The van der Waals surface area contributed by atoms with E-state index in [9.17, 15) is 4.79 Å². The van der Waals surface area contributed by atoms with Gasteiger partial charge in [0.05, 0.1) is 0 Å². The first-order valence-electron chi connectivity index (χ1n) is 11.2. The Kier molecular flexibility index (Phi) is 22.2. The highest BCUT2D eigenvalue weighted by atomic mass is 32.1. The number of thiol groups is 1. The number of hydrogen-bond donors (Lipinski definition) is 1. The molecule has 0 radical (unpaired) electrons. The SMILES string of the molecule is CCCCCCCCCCC/C=C/CCCCCCCC(=O)OCCS. The molecule has 3 heteroatoms. The zero-order chi connectivity index (χ0) is 19.1. The van der Waals surface area contributed by atoms with Crippen molar-refractivity contribution in [3.8, 4) is 0 Å². The Morgan fingerprint density at radius 3 is 1.69 bits per heavy atom. The lowest BCUT2D eigenvalue weighted by atomic mass is 10.1. The van der Waals surface area contributed by atoms with E-state index in [0.717, 1.165) is 12.8 Å². The molecule has 0 saturated heterocycles. The van der Waals surface area contributed by atoms with E-state index in [0.29, 0.717) is 18.8 Å². The topological polar surface area (TPSA) is 26.3 Å². The van der Waals surface area contributed by atoms with Crippen molar-refractivity contribution < 1.29 is 9.53 Å². The molecule has 0 aromatic rings. The predicted octanol–water partition coefficient (Wildman–Crippen LogP) is 7.67. The molecule has 0 aliphatic heterocycles. The van der Waals surface area contributed by atoms with Crippen molar-refractivity contribution in [2.45, 2.75) is 116 Å². The van der Waals surface area contributed by atoms with Gasteiger partial charge in [-0.1, -0.05) is 89.7 Å². The number of unbranched alkanes of at least 4 members (excludes halogenated alkanes) is 14. The van der Waals surface area contributed by atoms with Crippen LogP contribution in [0.3, 0.4) is 0 Å². The van der Waals surface area contributed by atoms with Crippen LogP contribution >= 0.6 is 12.6 Å². The molecule has 0 aromatic carbocycles. The zero-order valence-corrected chi connectivity index (χ0v) is 18.2. The third-order valence-electron chi connectivity index (χ3n) is 4.75. The fraction of sp³-hybridized carbons (Fsp3) is 0.870. The number of rotatable bonds is 20. The summed E-state index contributed by atoms with van der Waals surface area (Å²) in [6.07, 6.45) is 26.3. The molecule has 0 aromatic heterocycles. The van der Waals surface area contributed by atoms with Crippen LogP contribution in [0, 0.1) is 0 Å². The molecule has 0 atom stereocenters. The van der Waals surface area contributed by atoms with Gasteiger partial charge in [0, 0.05) is 12.2 Å². The molecule has 0 fully saturated rings. The fourth-order valence-corrected chi connectivity index (χ4v) is 3.19. The molecule has 0 spiro atoms. The van der Waals surface area contributed by atoms with Crippen molar-refractivity contribution in [3.63, 3.8) is 0 Å². The average molecular weight is 385 g/mol. The van der Waals surface area contributed by atoms with Gasteiger partial charge in [0.2, 0.25) is 0 Å². The number of ether oxygens (including phenoxy) is 1. The summed E-state index contributed by atoms with van der Waals surface area (Å²) in [6, 6.07) is 0. The van der Waals surface area contributed by atoms with Gasteiger partial charge in [-0.25, -0.2) is 0 Å². The smallest absolute Gasteiger partial charge is 0.305 e. The Morgan fingerprint density at radius 1 is 0.731 bits per heavy atom. The van der Waals surface area contributed by atoms with E-state index in [1.165, 1.54) is 89.9 Å². The summed E-state index contributed by atoms with van der Waals surface area (Å²) in [7, 11) is 0. The summed E-state index contributed by atoms with van der Waals surface area (Å²) in [6.45, 7) is 2.72. The summed E-state index contributed by atoms with van der Waals surface area (Å²) in [5, 5.41) is 0. The van der Waals surface area contributed by atoms with Crippen LogP contribution in [-0.4, -0.2) is 18.3 Å². The second-order valence-corrected chi connectivity index (χ2v) is 7.79. The standard InChI is InChI=1S/C23H44O2S/c1-2-3-4-5-6-7-8-9-10-11-12-13-14-15-16-17-18-19-20-23(24)25-21-22-26/h12-13,26H,2-11,14-22H2,1H3/b13-12+. The van der Waals surface area contributed by atoms with Crippen molar-refractivity contribution in [1.29, 1.82) is 0 Å². The van der Waals surface area contributed by atoms with Crippen LogP contribution < -0.4 is 0 Å². The quantitative estimate of drug-likeness (QED) is 0.101. The molecular weight excluding hydrogens is 340 g/mol. The lowest BCUT2D eigenvalue weighted by Crippen LogP contribution is -2.06. The van der Waals surface area contributed by atoms with Gasteiger partial charge in [0.1, 0.15) is 6.61 Å². The van der Waals surface area contributed by atoms with Crippen molar-refractivity contribution >= 4 is 18.6 Å². The third-order valence-corrected chi connectivity index (χ3v) is 4.93. The molecule has 26 heavy (non-hydrogen) atoms. The van der Waals surface area contributed by atoms with Gasteiger partial charge in [-0.05, 0) is 32.1 Å². The lowest BCUT2D eigenvalue weighted by Gasteiger charge is -2.02. The minimum Gasteiger partial charge on any atom is -0.465 e. The molecule has 0 N–H and O–H groups in total. The molecule has 0 saturated carbocycles. The van der Waals surface area contributed by atoms with Crippen molar-refractivity contribution in [2.75, 3.05) is 12.4 Å². The van der Waals surface area contributed by atoms with Gasteiger partial charge in [-0.15, -0.1) is 0 Å². The fourth-order valence-electron chi connectivity index (χ4n) is 3.10. The largest absolute Gasteiger partial charge is 0.465 e. The van der Waals surface area contributed by atoms with E-state index >= 15 is 0 Å². The minimum absolute atomic E-state index is 0.0709. The van der Waals surface area contributed by atoms with Crippen LogP contribution in [0.25, 0.3) is 0 Å². The average Bonchev–Trinajstić information content (AvgIpc) is 2.65. The highest BCUT2D eigenvalue weighted by Crippen LogP contribution is 2.11. The van der Waals surface area contributed by atoms with E-state index in [1.54, 1.807) is 0 Å². The van der Waals surface area contributed by atoms with Gasteiger partial charge in [-0.3, -0.25) is 4.79 Å². The first-order chi connectivity index (χ1) is 12.8. The summed E-state index contributed by atoms with van der Waals surface area (Å²) in [5.41, 5.74) is 0. The van der Waals surface area contributed by atoms with Crippen molar-refractivity contribution in [1.82, 2.24) is 0 Å². The normalized spacial score (nSPS) is 11.3. The summed E-state index contributed by atoms with van der Waals surface area (Å²) >= 11 is 4.02. The Bertz CT molecular complexity index is 315. The van der Waals surface area contributed by atoms with Crippen LogP contribution in [0.5, 0.6) is 0 Å². The molecule has 0 rings (SSSR count). The van der Waals surface area contributed by atoms with Crippen LogP contribution in [0.15, 0.2) is 12.2 Å². The van der Waals surface area contributed by atoms with Gasteiger partial charge in [0.25, 0.3) is 0 Å². The highest BCUT2D eigenvalue weighted by Gasteiger charge is 2.01. The van der Waals surface area contributed by atoms with E-state index in [1.807, 2.05) is 0 Å². The van der Waals surface area contributed by atoms with Crippen LogP contribution in [-0.2, 0) is 9.53 Å². The van der Waals surface area contributed by atoms with Gasteiger partial charge in [-0.2, -0.15) is 12.6 Å². The summed E-state index contributed by atoms with van der Waals surface area (Å²) < 4.78 is 5.00. The first kappa shape index (κ1) is 25.6. The maximum absolute atomic E-state index is 11.3. The van der Waals surface area contributed by atoms with Gasteiger partial charge >= 0.3 is 5.97 Å². The van der Waals surface area contributed by atoms with Crippen LogP contribution in [0.1, 0.15) is 116 Å². The maximum Gasteiger partial charge on any atom is 0.305 e. The predicted molar refractivity (Wildman–Crippen MR) is 118 cm³/mol. The van der Waals surface area contributed by atoms with E-state index < -0.39 is 0 Å². The minimum atomic E-state index is -0.0709. The molecule has 0 amide bonds. The van der Waals surface area contributed by atoms with E-state index in [4.69, 9.17) is 4.74 Å². The molecule has 0 aliphatic rings. The Morgan fingerprint density at radius 2 is 1.19 bits per heavy atom. The maximum atomic E-state index is 11.3. The second-order valence-electron chi connectivity index (χ2n) is 7.34. The third kappa shape index (κ3) is 21.6.